The molecule has 29 heavy (non-hydrogen) atoms. The Balaban J connectivity index is 1.87. The van der Waals surface area contributed by atoms with Crippen LogP contribution in [0, 0.1) is 25.5 Å². The van der Waals surface area contributed by atoms with Crippen LogP contribution < -0.4 is 0 Å². The van der Waals surface area contributed by atoms with Gasteiger partial charge in [0.2, 0.25) is 20.0 Å². The predicted molar refractivity (Wildman–Crippen MR) is 101 cm³/mol. The van der Waals surface area contributed by atoms with E-state index in [-0.39, 0.29) is 37.5 Å². The van der Waals surface area contributed by atoms with E-state index in [9.17, 15) is 25.6 Å². The molecule has 1 saturated heterocycles. The highest BCUT2D eigenvalue weighted by atomic mass is 32.2. The first kappa shape index (κ1) is 21.8. The molecule has 1 aromatic heterocycles. The summed E-state index contributed by atoms with van der Waals surface area (Å²) in [5.41, 5.74) is 0.862. The van der Waals surface area contributed by atoms with E-state index in [2.05, 4.69) is 5.10 Å². The molecule has 0 atom stereocenters. The highest BCUT2D eigenvalue weighted by Crippen LogP contribution is 2.26. The number of halogens is 2. The van der Waals surface area contributed by atoms with Crippen molar-refractivity contribution in [2.75, 3.05) is 26.2 Å². The van der Waals surface area contributed by atoms with Crippen molar-refractivity contribution in [3.8, 4) is 0 Å². The van der Waals surface area contributed by atoms with Gasteiger partial charge in [0, 0.05) is 39.3 Å². The van der Waals surface area contributed by atoms with E-state index < -0.39 is 36.6 Å². The van der Waals surface area contributed by atoms with E-state index in [4.69, 9.17) is 0 Å². The van der Waals surface area contributed by atoms with Gasteiger partial charge in [-0.15, -0.1) is 0 Å². The van der Waals surface area contributed by atoms with Crippen molar-refractivity contribution in [2.45, 2.75) is 30.1 Å². The van der Waals surface area contributed by atoms with Gasteiger partial charge in [-0.25, -0.2) is 25.6 Å². The topological polar surface area (TPSA) is 92.6 Å². The standard InChI is InChI=1S/C17H22F2N4O4S2/c1-12-17(13(2)21(3)20-12)29(26,27)23-6-4-5-22(7-8-23)28(24,25)16-10-14(18)9-15(19)11-16/h9-11H,4-8H2,1-3H3. The Morgan fingerprint density at radius 1 is 0.862 bits per heavy atom. The lowest BCUT2D eigenvalue weighted by Crippen LogP contribution is -2.37. The average Bonchev–Trinajstić information content (AvgIpc) is 2.80. The van der Waals surface area contributed by atoms with Crippen LogP contribution in [0.4, 0.5) is 8.78 Å². The molecule has 0 saturated carbocycles. The van der Waals surface area contributed by atoms with Crippen LogP contribution in [-0.4, -0.2) is 61.4 Å². The molecule has 3 rings (SSSR count). The van der Waals surface area contributed by atoms with E-state index >= 15 is 0 Å². The summed E-state index contributed by atoms with van der Waals surface area (Å²) in [5, 5.41) is 4.14. The first-order valence-electron chi connectivity index (χ1n) is 8.91. The van der Waals surface area contributed by atoms with E-state index in [1.165, 1.54) is 8.99 Å². The second-order valence-corrected chi connectivity index (χ2v) is 10.7. The van der Waals surface area contributed by atoms with E-state index in [1.54, 1.807) is 20.9 Å². The molecule has 0 amide bonds. The summed E-state index contributed by atoms with van der Waals surface area (Å²) >= 11 is 0. The van der Waals surface area contributed by atoms with Gasteiger partial charge in [-0.05, 0) is 32.4 Å². The monoisotopic (exact) mass is 448 g/mol. The summed E-state index contributed by atoms with van der Waals surface area (Å²) in [5.74, 6) is -1.99. The van der Waals surface area contributed by atoms with Gasteiger partial charge in [0.15, 0.2) is 0 Å². The zero-order valence-electron chi connectivity index (χ0n) is 16.3. The Labute approximate surface area is 168 Å². The fraction of sp³-hybridized carbons (Fsp3) is 0.471. The molecule has 1 aliphatic rings. The van der Waals surface area contributed by atoms with Crippen LogP contribution in [0.25, 0.3) is 0 Å². The number of rotatable bonds is 4. The quantitative estimate of drug-likeness (QED) is 0.705. The number of hydrogen-bond donors (Lipinski definition) is 0. The van der Waals surface area contributed by atoms with Gasteiger partial charge in [0.1, 0.15) is 16.5 Å². The van der Waals surface area contributed by atoms with Crippen LogP contribution >= 0.6 is 0 Å². The van der Waals surface area contributed by atoms with E-state index in [0.29, 0.717) is 17.5 Å². The second kappa shape index (κ2) is 7.74. The predicted octanol–water partition coefficient (Wildman–Crippen LogP) is 1.40. The molecule has 1 aliphatic heterocycles. The van der Waals surface area contributed by atoms with Crippen LogP contribution in [0.15, 0.2) is 28.0 Å². The van der Waals surface area contributed by atoms with Gasteiger partial charge in [-0.1, -0.05) is 0 Å². The molecular formula is C17H22F2N4O4S2. The van der Waals surface area contributed by atoms with Gasteiger partial charge >= 0.3 is 0 Å². The number of nitrogens with zero attached hydrogens (tertiary/aromatic N) is 4. The SMILES string of the molecule is Cc1nn(C)c(C)c1S(=O)(=O)N1CCCN(S(=O)(=O)c2cc(F)cc(F)c2)CC1. The number of aromatic nitrogens is 2. The van der Waals surface area contributed by atoms with Crippen molar-refractivity contribution in [1.29, 1.82) is 0 Å². The van der Waals surface area contributed by atoms with E-state index in [1.807, 2.05) is 0 Å². The van der Waals surface area contributed by atoms with Crippen LogP contribution in [0.3, 0.4) is 0 Å². The lowest BCUT2D eigenvalue weighted by Gasteiger charge is -2.22. The van der Waals surface area contributed by atoms with Crippen molar-refractivity contribution >= 4 is 20.0 Å². The third kappa shape index (κ3) is 4.06. The molecule has 0 radical (unpaired) electrons. The zero-order chi connectivity index (χ0) is 21.6. The Morgan fingerprint density at radius 3 is 1.86 bits per heavy atom. The Morgan fingerprint density at radius 2 is 1.38 bits per heavy atom. The molecule has 8 nitrogen and oxygen atoms in total. The molecule has 2 heterocycles. The molecule has 0 N–H and O–H groups in total. The summed E-state index contributed by atoms with van der Waals surface area (Å²) in [6, 6.07) is 2.09. The molecule has 12 heteroatoms. The summed E-state index contributed by atoms with van der Waals surface area (Å²) < 4.78 is 82.5. The Bertz CT molecular complexity index is 1130. The minimum Gasteiger partial charge on any atom is -0.271 e. The van der Waals surface area contributed by atoms with Crippen molar-refractivity contribution in [2.24, 2.45) is 7.05 Å². The van der Waals surface area contributed by atoms with Crippen LogP contribution in [0.1, 0.15) is 17.8 Å². The maximum Gasteiger partial charge on any atom is 0.246 e. The van der Waals surface area contributed by atoms with E-state index in [0.717, 1.165) is 16.4 Å². The molecule has 1 aromatic carbocycles. The van der Waals surface area contributed by atoms with Crippen molar-refractivity contribution in [3.05, 3.63) is 41.2 Å². The van der Waals surface area contributed by atoms with Gasteiger partial charge in [-0.2, -0.15) is 13.7 Å². The molecular weight excluding hydrogens is 426 g/mol. The normalized spacial score (nSPS) is 17.4. The zero-order valence-corrected chi connectivity index (χ0v) is 17.9. The first-order chi connectivity index (χ1) is 13.4. The number of benzene rings is 1. The minimum absolute atomic E-state index is 0.0392. The van der Waals surface area contributed by atoms with Gasteiger partial charge in [-0.3, -0.25) is 4.68 Å². The average molecular weight is 449 g/mol. The maximum atomic E-state index is 13.5. The second-order valence-electron chi connectivity index (χ2n) is 6.89. The molecule has 2 aromatic rings. The smallest absolute Gasteiger partial charge is 0.246 e. The molecule has 0 bridgehead atoms. The summed E-state index contributed by atoms with van der Waals surface area (Å²) in [4.78, 5) is -0.381. The highest BCUT2D eigenvalue weighted by molar-refractivity contribution is 7.89. The third-order valence-electron chi connectivity index (χ3n) is 4.93. The van der Waals surface area contributed by atoms with Gasteiger partial charge in [0.25, 0.3) is 0 Å². The summed E-state index contributed by atoms with van der Waals surface area (Å²) in [6.45, 7) is 3.22. The van der Waals surface area contributed by atoms with Crippen LogP contribution in [0.2, 0.25) is 0 Å². The minimum atomic E-state index is -4.16. The molecule has 0 aliphatic carbocycles. The molecule has 1 fully saturated rings. The lowest BCUT2D eigenvalue weighted by molar-refractivity contribution is 0.403. The lowest BCUT2D eigenvalue weighted by atomic mass is 10.3. The van der Waals surface area contributed by atoms with Gasteiger partial charge in [0.05, 0.1) is 16.3 Å². The third-order valence-corrected chi connectivity index (χ3v) is 8.96. The fourth-order valence-corrected chi connectivity index (χ4v) is 6.82. The van der Waals surface area contributed by atoms with Gasteiger partial charge < -0.3 is 0 Å². The molecule has 0 unspecified atom stereocenters. The highest BCUT2D eigenvalue weighted by Gasteiger charge is 2.34. The first-order valence-corrected chi connectivity index (χ1v) is 11.8. The van der Waals surface area contributed by atoms with Crippen molar-refractivity contribution in [1.82, 2.24) is 18.4 Å². The van der Waals surface area contributed by atoms with Crippen molar-refractivity contribution in [3.63, 3.8) is 0 Å². The maximum absolute atomic E-state index is 13.5. The fourth-order valence-electron chi connectivity index (χ4n) is 3.43. The Kier molecular flexibility index (Phi) is 5.82. The Hall–Kier alpha value is -1.89. The molecule has 160 valence electrons. The summed E-state index contributed by atoms with van der Waals surface area (Å²) in [7, 11) is -6.38. The number of hydrogen-bond acceptors (Lipinski definition) is 5. The molecule has 0 spiro atoms. The van der Waals surface area contributed by atoms with Crippen LogP contribution in [0.5, 0.6) is 0 Å². The number of aryl methyl sites for hydroxylation is 2. The number of sulfonamides is 2. The van der Waals surface area contributed by atoms with Crippen molar-refractivity contribution < 1.29 is 25.6 Å². The largest absolute Gasteiger partial charge is 0.271 e. The van der Waals surface area contributed by atoms with Crippen LogP contribution in [-0.2, 0) is 27.1 Å². The summed E-state index contributed by atoms with van der Waals surface area (Å²) in [6.07, 6.45) is 0.245.